The number of nitrogens with one attached hydrogen (secondary N) is 1. The number of hydrogen-bond donors (Lipinski definition) is 2. The van der Waals surface area contributed by atoms with Crippen molar-refractivity contribution in [3.05, 3.63) is 35.4 Å². The van der Waals surface area contributed by atoms with Crippen molar-refractivity contribution in [3.8, 4) is 0 Å². The van der Waals surface area contributed by atoms with Gasteiger partial charge in [0.15, 0.2) is 0 Å². The van der Waals surface area contributed by atoms with E-state index in [9.17, 15) is 4.79 Å². The number of carbonyl (C=O) groups is 1. The Morgan fingerprint density at radius 3 is 2.71 bits per heavy atom. The molecule has 0 spiro atoms. The SMILES string of the molecule is CN(CC(=O)NCCc1ccc(CO)cc1)C1CCSC1. The van der Waals surface area contributed by atoms with Crippen LogP contribution in [0.15, 0.2) is 24.3 Å². The average Bonchev–Trinajstić information content (AvgIpc) is 3.02. The largest absolute Gasteiger partial charge is 0.392 e. The minimum absolute atomic E-state index is 0.0722. The van der Waals surface area contributed by atoms with Crippen molar-refractivity contribution in [2.45, 2.75) is 25.5 Å². The Morgan fingerprint density at radius 2 is 2.10 bits per heavy atom. The number of carbonyl (C=O) groups excluding carboxylic acids is 1. The monoisotopic (exact) mass is 308 g/mol. The molecule has 4 nitrogen and oxygen atoms in total. The van der Waals surface area contributed by atoms with Crippen LogP contribution in [0.2, 0.25) is 0 Å². The highest BCUT2D eigenvalue weighted by molar-refractivity contribution is 7.99. The maximum absolute atomic E-state index is 11.9. The molecule has 2 rings (SSSR count). The minimum Gasteiger partial charge on any atom is -0.392 e. The fraction of sp³-hybridized carbons (Fsp3) is 0.562. The van der Waals surface area contributed by atoms with Gasteiger partial charge < -0.3 is 10.4 Å². The number of aliphatic hydroxyl groups is 1. The summed E-state index contributed by atoms with van der Waals surface area (Å²) in [5.74, 6) is 2.45. The second-order valence-corrected chi connectivity index (χ2v) is 6.66. The van der Waals surface area contributed by atoms with E-state index in [1.807, 2.05) is 43.1 Å². The van der Waals surface area contributed by atoms with E-state index in [1.54, 1.807) is 0 Å². The molecule has 1 atom stereocenters. The predicted octanol–water partition coefficient (Wildman–Crippen LogP) is 1.27. The van der Waals surface area contributed by atoms with Gasteiger partial charge in [-0.3, -0.25) is 9.69 Å². The van der Waals surface area contributed by atoms with Crippen LogP contribution >= 0.6 is 11.8 Å². The smallest absolute Gasteiger partial charge is 0.234 e. The molecule has 1 aromatic rings. The van der Waals surface area contributed by atoms with Crippen LogP contribution in [0, 0.1) is 0 Å². The molecule has 1 heterocycles. The van der Waals surface area contributed by atoms with Crippen molar-refractivity contribution in [2.24, 2.45) is 0 Å². The van der Waals surface area contributed by atoms with Gasteiger partial charge in [-0.25, -0.2) is 0 Å². The molecule has 5 heteroatoms. The molecule has 1 unspecified atom stereocenters. The van der Waals surface area contributed by atoms with E-state index in [-0.39, 0.29) is 12.5 Å². The summed E-state index contributed by atoms with van der Waals surface area (Å²) in [6.07, 6.45) is 2.01. The number of likely N-dealkylation sites (N-methyl/N-ethyl adjacent to an activating group) is 1. The van der Waals surface area contributed by atoms with Crippen molar-refractivity contribution in [1.82, 2.24) is 10.2 Å². The lowest BCUT2D eigenvalue weighted by Gasteiger charge is -2.22. The molecule has 0 saturated carbocycles. The maximum Gasteiger partial charge on any atom is 0.234 e. The van der Waals surface area contributed by atoms with Crippen molar-refractivity contribution >= 4 is 17.7 Å². The van der Waals surface area contributed by atoms with Crippen molar-refractivity contribution in [2.75, 3.05) is 31.6 Å². The Kier molecular flexibility index (Phi) is 6.54. The molecule has 116 valence electrons. The lowest BCUT2D eigenvalue weighted by atomic mass is 10.1. The summed E-state index contributed by atoms with van der Waals surface area (Å²) < 4.78 is 0. The van der Waals surface area contributed by atoms with E-state index >= 15 is 0 Å². The Hall–Kier alpha value is -1.04. The number of rotatable bonds is 7. The van der Waals surface area contributed by atoms with E-state index in [2.05, 4.69) is 10.2 Å². The van der Waals surface area contributed by atoms with Crippen LogP contribution in [0.4, 0.5) is 0 Å². The molecule has 1 aromatic carbocycles. The van der Waals surface area contributed by atoms with E-state index < -0.39 is 0 Å². The number of thioether (sulfide) groups is 1. The summed E-state index contributed by atoms with van der Waals surface area (Å²) >= 11 is 1.96. The van der Waals surface area contributed by atoms with E-state index in [0.29, 0.717) is 19.1 Å². The van der Waals surface area contributed by atoms with Crippen molar-refractivity contribution in [3.63, 3.8) is 0 Å². The normalized spacial score (nSPS) is 18.1. The molecule has 1 aliphatic rings. The number of hydrogen-bond acceptors (Lipinski definition) is 4. The lowest BCUT2D eigenvalue weighted by Crippen LogP contribution is -2.41. The lowest BCUT2D eigenvalue weighted by molar-refractivity contribution is -0.122. The zero-order valence-corrected chi connectivity index (χ0v) is 13.4. The third kappa shape index (κ3) is 5.34. The highest BCUT2D eigenvalue weighted by atomic mass is 32.2. The van der Waals surface area contributed by atoms with E-state index in [4.69, 9.17) is 5.11 Å². The Labute approximate surface area is 130 Å². The summed E-state index contributed by atoms with van der Waals surface area (Å²) in [5, 5.41) is 12.0. The van der Waals surface area contributed by atoms with Gasteiger partial charge in [-0.1, -0.05) is 24.3 Å². The van der Waals surface area contributed by atoms with Gasteiger partial charge in [0, 0.05) is 18.3 Å². The van der Waals surface area contributed by atoms with Gasteiger partial charge in [0.05, 0.1) is 13.2 Å². The van der Waals surface area contributed by atoms with E-state index in [1.165, 1.54) is 17.7 Å². The van der Waals surface area contributed by atoms with Gasteiger partial charge in [0.2, 0.25) is 5.91 Å². The minimum atomic E-state index is 0.0722. The molecule has 0 bridgehead atoms. The topological polar surface area (TPSA) is 52.6 Å². The first-order valence-corrected chi connectivity index (χ1v) is 8.58. The van der Waals surface area contributed by atoms with Crippen molar-refractivity contribution < 1.29 is 9.90 Å². The van der Waals surface area contributed by atoms with Crippen molar-refractivity contribution in [1.29, 1.82) is 0 Å². The Bertz CT molecular complexity index is 444. The third-order valence-electron chi connectivity index (χ3n) is 3.86. The Morgan fingerprint density at radius 1 is 1.38 bits per heavy atom. The second kappa shape index (κ2) is 8.41. The van der Waals surface area contributed by atoms with Gasteiger partial charge in [-0.05, 0) is 36.8 Å². The quantitative estimate of drug-likeness (QED) is 0.797. The first-order chi connectivity index (χ1) is 10.2. The summed E-state index contributed by atoms with van der Waals surface area (Å²) in [4.78, 5) is 14.1. The van der Waals surface area contributed by atoms with Gasteiger partial charge in [0.1, 0.15) is 0 Å². The molecule has 2 N–H and O–H groups in total. The number of amides is 1. The zero-order valence-electron chi connectivity index (χ0n) is 12.5. The zero-order chi connectivity index (χ0) is 15.1. The van der Waals surface area contributed by atoms with Crippen LogP contribution in [0.5, 0.6) is 0 Å². The van der Waals surface area contributed by atoms with Crippen LogP contribution in [-0.2, 0) is 17.8 Å². The van der Waals surface area contributed by atoms with Crippen LogP contribution in [0.3, 0.4) is 0 Å². The predicted molar refractivity (Wildman–Crippen MR) is 87.4 cm³/mol. The number of benzene rings is 1. The molecule has 1 fully saturated rings. The molecule has 1 saturated heterocycles. The first kappa shape index (κ1) is 16.3. The van der Waals surface area contributed by atoms with Crippen LogP contribution in [0.1, 0.15) is 17.5 Å². The van der Waals surface area contributed by atoms with Crippen LogP contribution in [-0.4, -0.2) is 53.6 Å². The van der Waals surface area contributed by atoms with Gasteiger partial charge in [0.25, 0.3) is 0 Å². The van der Waals surface area contributed by atoms with E-state index in [0.717, 1.165) is 17.7 Å². The van der Waals surface area contributed by atoms with Gasteiger partial charge in [-0.15, -0.1) is 0 Å². The highest BCUT2D eigenvalue weighted by Crippen LogP contribution is 2.20. The van der Waals surface area contributed by atoms with Crippen LogP contribution in [0.25, 0.3) is 0 Å². The molecular formula is C16H24N2O2S. The maximum atomic E-state index is 11.9. The molecule has 21 heavy (non-hydrogen) atoms. The highest BCUT2D eigenvalue weighted by Gasteiger charge is 2.21. The molecule has 0 aliphatic carbocycles. The third-order valence-corrected chi connectivity index (χ3v) is 5.01. The number of aliphatic hydroxyl groups excluding tert-OH is 1. The second-order valence-electron chi connectivity index (χ2n) is 5.51. The molecule has 0 aromatic heterocycles. The fourth-order valence-electron chi connectivity index (χ4n) is 2.44. The Balaban J connectivity index is 1.66. The summed E-state index contributed by atoms with van der Waals surface area (Å²) in [6.45, 7) is 1.21. The fourth-order valence-corrected chi connectivity index (χ4v) is 3.74. The molecule has 1 aliphatic heterocycles. The molecular weight excluding hydrogens is 284 g/mol. The molecule has 1 amide bonds. The molecule has 0 radical (unpaired) electrons. The number of nitrogens with zero attached hydrogens (tertiary/aromatic N) is 1. The van der Waals surface area contributed by atoms with Gasteiger partial charge in [-0.2, -0.15) is 11.8 Å². The van der Waals surface area contributed by atoms with Crippen LogP contribution < -0.4 is 5.32 Å². The average molecular weight is 308 g/mol. The standard InChI is InChI=1S/C16H24N2O2S/c1-18(15-7-9-21-12-15)10-16(20)17-8-6-13-2-4-14(11-19)5-3-13/h2-5,15,19H,6-12H2,1H3,(H,17,20). The first-order valence-electron chi connectivity index (χ1n) is 7.42. The summed E-state index contributed by atoms with van der Waals surface area (Å²) in [5.41, 5.74) is 2.09. The summed E-state index contributed by atoms with van der Waals surface area (Å²) in [6, 6.07) is 8.39. The van der Waals surface area contributed by atoms with Gasteiger partial charge >= 0.3 is 0 Å². The summed E-state index contributed by atoms with van der Waals surface area (Å²) in [7, 11) is 2.03.